The van der Waals surface area contributed by atoms with Gasteiger partial charge in [-0.25, -0.2) is 0 Å². The molecule has 0 fully saturated rings. The number of hydrogen-bond acceptors (Lipinski definition) is 6. The van der Waals surface area contributed by atoms with Gasteiger partial charge >= 0.3 is 6.01 Å². The lowest BCUT2D eigenvalue weighted by Gasteiger charge is -2.10. The summed E-state index contributed by atoms with van der Waals surface area (Å²) >= 11 is 0. The molecule has 0 amide bonds. The van der Waals surface area contributed by atoms with Gasteiger partial charge in [0, 0.05) is 12.2 Å². The molecule has 2 rings (SSSR count). The molecule has 2 N–H and O–H groups in total. The fraction of sp³-hybridized carbons (Fsp3) is 0.400. The Kier molecular flexibility index (Phi) is 4.92. The minimum Gasteiger partial charge on any atom is -0.467 e. The quantitative estimate of drug-likeness (QED) is 0.850. The molecule has 0 unspecified atom stereocenters. The van der Waals surface area contributed by atoms with Crippen molar-refractivity contribution in [3.05, 3.63) is 29.3 Å². The maximum absolute atomic E-state index is 5.11. The Hall–Kier alpha value is -2.37. The van der Waals surface area contributed by atoms with E-state index in [4.69, 9.17) is 4.74 Å². The number of nitrogens with zero attached hydrogens (tertiary/aromatic N) is 3. The van der Waals surface area contributed by atoms with E-state index in [2.05, 4.69) is 58.5 Å². The summed E-state index contributed by atoms with van der Waals surface area (Å²) < 4.78 is 5.11. The average Bonchev–Trinajstić information content (AvgIpc) is 2.48. The van der Waals surface area contributed by atoms with Crippen LogP contribution in [0.5, 0.6) is 6.01 Å². The predicted molar refractivity (Wildman–Crippen MR) is 84.4 cm³/mol. The van der Waals surface area contributed by atoms with Gasteiger partial charge in [-0.15, -0.1) is 0 Å². The highest BCUT2D eigenvalue weighted by Crippen LogP contribution is 2.19. The second-order valence-corrected chi connectivity index (χ2v) is 4.82. The highest BCUT2D eigenvalue weighted by atomic mass is 16.5. The fourth-order valence-corrected chi connectivity index (χ4v) is 1.77. The van der Waals surface area contributed by atoms with E-state index in [1.165, 1.54) is 11.1 Å². The molecule has 0 saturated heterocycles. The molecule has 1 aromatic heterocycles. The lowest BCUT2D eigenvalue weighted by atomic mass is 10.1. The van der Waals surface area contributed by atoms with Crippen molar-refractivity contribution in [3.8, 4) is 6.01 Å². The zero-order chi connectivity index (χ0) is 15.2. The van der Waals surface area contributed by atoms with Crippen LogP contribution in [0.3, 0.4) is 0 Å². The third-order valence-electron chi connectivity index (χ3n) is 3.09. The van der Waals surface area contributed by atoms with Crippen LogP contribution in [0.15, 0.2) is 18.2 Å². The Morgan fingerprint density at radius 1 is 1.05 bits per heavy atom. The van der Waals surface area contributed by atoms with Crippen LogP contribution >= 0.6 is 0 Å². The van der Waals surface area contributed by atoms with Gasteiger partial charge in [-0.1, -0.05) is 13.0 Å². The number of ether oxygens (including phenoxy) is 1. The molecule has 0 radical (unpaired) electrons. The topological polar surface area (TPSA) is 72.0 Å². The first-order chi connectivity index (χ1) is 10.1. The third kappa shape index (κ3) is 4.05. The van der Waals surface area contributed by atoms with Crippen molar-refractivity contribution in [1.29, 1.82) is 0 Å². The Balaban J connectivity index is 2.23. The Morgan fingerprint density at radius 3 is 2.48 bits per heavy atom. The molecule has 1 heterocycles. The summed E-state index contributed by atoms with van der Waals surface area (Å²) in [5.74, 6) is 0.971. The lowest BCUT2D eigenvalue weighted by Crippen LogP contribution is -2.09. The van der Waals surface area contributed by atoms with Gasteiger partial charge in [0.25, 0.3) is 0 Å². The molecule has 2 aromatic rings. The number of benzene rings is 1. The average molecular weight is 287 g/mol. The van der Waals surface area contributed by atoms with Crippen molar-refractivity contribution in [1.82, 2.24) is 15.0 Å². The van der Waals surface area contributed by atoms with Crippen LogP contribution in [0.2, 0.25) is 0 Å². The normalized spacial score (nSPS) is 10.3. The van der Waals surface area contributed by atoms with Crippen LogP contribution in [0.25, 0.3) is 0 Å². The van der Waals surface area contributed by atoms with Crippen LogP contribution in [0.4, 0.5) is 17.6 Å². The molecule has 0 atom stereocenters. The summed E-state index contributed by atoms with van der Waals surface area (Å²) in [7, 11) is 1.54. The van der Waals surface area contributed by atoms with Gasteiger partial charge in [-0.05, 0) is 43.5 Å². The number of rotatable bonds is 6. The van der Waals surface area contributed by atoms with E-state index < -0.39 is 0 Å². The zero-order valence-corrected chi connectivity index (χ0v) is 12.9. The monoisotopic (exact) mass is 287 g/mol. The van der Waals surface area contributed by atoms with Gasteiger partial charge in [0.1, 0.15) is 0 Å². The Bertz CT molecular complexity index is 615. The number of anilines is 3. The smallest absolute Gasteiger partial charge is 0.322 e. The van der Waals surface area contributed by atoms with E-state index in [1.54, 1.807) is 7.11 Å². The van der Waals surface area contributed by atoms with E-state index in [0.29, 0.717) is 11.9 Å². The highest BCUT2D eigenvalue weighted by Gasteiger charge is 2.07. The fourth-order valence-electron chi connectivity index (χ4n) is 1.77. The summed E-state index contributed by atoms with van der Waals surface area (Å²) in [6.45, 7) is 7.04. The maximum atomic E-state index is 5.11. The van der Waals surface area contributed by atoms with Crippen LogP contribution in [-0.2, 0) is 0 Å². The van der Waals surface area contributed by atoms with Gasteiger partial charge in [-0.3, -0.25) is 0 Å². The molecule has 21 heavy (non-hydrogen) atoms. The molecule has 0 bridgehead atoms. The van der Waals surface area contributed by atoms with Crippen molar-refractivity contribution < 1.29 is 4.74 Å². The first kappa shape index (κ1) is 15.0. The van der Waals surface area contributed by atoms with Gasteiger partial charge in [-0.2, -0.15) is 15.0 Å². The number of aromatic nitrogens is 3. The summed E-state index contributed by atoms with van der Waals surface area (Å²) in [5.41, 5.74) is 3.40. The summed E-state index contributed by atoms with van der Waals surface area (Å²) in [6, 6.07) is 6.41. The van der Waals surface area contributed by atoms with Crippen LogP contribution in [0.1, 0.15) is 24.5 Å². The SMILES string of the molecule is CCCNc1nc(Nc2ccc(C)c(C)c2)nc(OC)n1. The molecular formula is C15H21N5O. The third-order valence-corrected chi connectivity index (χ3v) is 3.09. The largest absolute Gasteiger partial charge is 0.467 e. The number of aryl methyl sites for hydroxylation is 2. The van der Waals surface area contributed by atoms with Crippen molar-refractivity contribution in [3.63, 3.8) is 0 Å². The van der Waals surface area contributed by atoms with E-state index in [1.807, 2.05) is 6.07 Å². The molecule has 0 spiro atoms. The first-order valence-corrected chi connectivity index (χ1v) is 7.00. The second kappa shape index (κ2) is 6.88. The van der Waals surface area contributed by atoms with Crippen molar-refractivity contribution in [2.75, 3.05) is 24.3 Å². The van der Waals surface area contributed by atoms with Crippen molar-refractivity contribution in [2.45, 2.75) is 27.2 Å². The maximum Gasteiger partial charge on any atom is 0.322 e. The molecule has 0 aliphatic rings. The zero-order valence-electron chi connectivity index (χ0n) is 12.9. The molecule has 0 aliphatic heterocycles. The Labute approximate surface area is 125 Å². The number of methoxy groups -OCH3 is 1. The van der Waals surface area contributed by atoms with Gasteiger partial charge in [0.15, 0.2) is 0 Å². The van der Waals surface area contributed by atoms with E-state index in [9.17, 15) is 0 Å². The number of nitrogens with one attached hydrogen (secondary N) is 2. The molecular weight excluding hydrogens is 266 g/mol. The van der Waals surface area contributed by atoms with Crippen LogP contribution in [-0.4, -0.2) is 28.6 Å². The van der Waals surface area contributed by atoms with Crippen LogP contribution in [0, 0.1) is 13.8 Å². The van der Waals surface area contributed by atoms with E-state index >= 15 is 0 Å². The van der Waals surface area contributed by atoms with E-state index in [-0.39, 0.29) is 6.01 Å². The van der Waals surface area contributed by atoms with Crippen molar-refractivity contribution in [2.24, 2.45) is 0 Å². The second-order valence-electron chi connectivity index (χ2n) is 4.82. The standard InChI is InChI=1S/C15H21N5O/c1-5-8-16-13-18-14(20-15(19-13)21-4)17-12-7-6-10(2)11(3)9-12/h6-7,9H,5,8H2,1-4H3,(H2,16,17,18,19,20). The lowest BCUT2D eigenvalue weighted by molar-refractivity contribution is 0.379. The molecule has 1 aromatic carbocycles. The van der Waals surface area contributed by atoms with Gasteiger partial charge in [0.2, 0.25) is 11.9 Å². The van der Waals surface area contributed by atoms with Gasteiger partial charge in [0.05, 0.1) is 7.11 Å². The minimum absolute atomic E-state index is 0.287. The van der Waals surface area contributed by atoms with Crippen LogP contribution < -0.4 is 15.4 Å². The van der Waals surface area contributed by atoms with Gasteiger partial charge < -0.3 is 15.4 Å². The summed E-state index contributed by atoms with van der Waals surface area (Å²) in [5, 5.41) is 6.31. The Morgan fingerprint density at radius 2 is 1.81 bits per heavy atom. The van der Waals surface area contributed by atoms with Crippen molar-refractivity contribution >= 4 is 17.6 Å². The molecule has 0 saturated carbocycles. The first-order valence-electron chi connectivity index (χ1n) is 7.00. The minimum atomic E-state index is 0.287. The molecule has 0 aliphatic carbocycles. The number of hydrogen-bond donors (Lipinski definition) is 2. The van der Waals surface area contributed by atoms with E-state index in [0.717, 1.165) is 18.7 Å². The summed E-state index contributed by atoms with van der Waals surface area (Å²) in [4.78, 5) is 12.7. The molecule has 6 heteroatoms. The molecule has 6 nitrogen and oxygen atoms in total. The predicted octanol–water partition coefficient (Wildman–Crippen LogP) is 3.06. The molecule has 112 valence electrons. The summed E-state index contributed by atoms with van der Waals surface area (Å²) in [6.07, 6.45) is 0.994. The highest BCUT2D eigenvalue weighted by molar-refractivity contribution is 5.56.